The van der Waals surface area contributed by atoms with Gasteiger partial charge in [-0.05, 0) is 29.8 Å². The molecular weight excluding hydrogens is 268 g/mol. The lowest BCUT2D eigenvalue weighted by molar-refractivity contribution is -0.195. The van der Waals surface area contributed by atoms with Crippen LogP contribution in [0.1, 0.15) is 17.0 Å². The first-order valence-corrected chi connectivity index (χ1v) is 4.44. The van der Waals surface area contributed by atoms with Crippen LogP contribution in [-0.2, 0) is 4.58 Å². The average molecular weight is 275 g/mol. The summed E-state index contributed by atoms with van der Waals surface area (Å²) in [4.78, 5) is 0. The lowest BCUT2D eigenvalue weighted by atomic mass is 10.1. The molecule has 0 saturated carbocycles. The van der Waals surface area contributed by atoms with Crippen molar-refractivity contribution in [3.05, 3.63) is 17.0 Å². The molecule has 0 fully saturated rings. The van der Waals surface area contributed by atoms with Gasteiger partial charge >= 0.3 is 6.18 Å². The van der Waals surface area contributed by atoms with Crippen molar-refractivity contribution in [2.75, 3.05) is 0 Å². The molecule has 0 radical (unpaired) electrons. The van der Waals surface area contributed by atoms with Gasteiger partial charge in [-0.15, -0.1) is 0 Å². The number of rotatable bonds is 1. The van der Waals surface area contributed by atoms with Gasteiger partial charge in [0.1, 0.15) is 0 Å². The second kappa shape index (κ2) is 3.22. The standard InChI is InChI=1S/C7H7BrF4N2/c1-3-5(4(2)14-13-3)6(8,9)7(10,11)12/h1-2H3,(H,13,14). The van der Waals surface area contributed by atoms with Crippen molar-refractivity contribution in [3.63, 3.8) is 0 Å². The molecule has 0 saturated heterocycles. The van der Waals surface area contributed by atoms with E-state index in [1.54, 1.807) is 0 Å². The Morgan fingerprint density at radius 1 is 1.21 bits per heavy atom. The number of hydrogen-bond acceptors (Lipinski definition) is 1. The third kappa shape index (κ3) is 1.65. The van der Waals surface area contributed by atoms with E-state index in [4.69, 9.17) is 0 Å². The summed E-state index contributed by atoms with van der Waals surface area (Å²) in [6, 6.07) is 0. The maximum Gasteiger partial charge on any atom is 0.437 e. The summed E-state index contributed by atoms with van der Waals surface area (Å²) in [7, 11) is 0. The average Bonchev–Trinajstić information content (AvgIpc) is 2.28. The van der Waals surface area contributed by atoms with E-state index in [1.165, 1.54) is 13.8 Å². The van der Waals surface area contributed by atoms with Gasteiger partial charge in [0.05, 0.1) is 11.3 Å². The Balaban J connectivity index is 3.29. The number of aryl methyl sites for hydroxylation is 2. The Hall–Kier alpha value is -0.590. The van der Waals surface area contributed by atoms with Gasteiger partial charge in [-0.1, -0.05) is 0 Å². The Kier molecular flexibility index (Phi) is 2.64. The normalized spacial score (nSPS) is 16.8. The first kappa shape index (κ1) is 11.5. The largest absolute Gasteiger partial charge is 0.437 e. The molecule has 0 aliphatic heterocycles. The highest BCUT2D eigenvalue weighted by atomic mass is 79.9. The highest BCUT2D eigenvalue weighted by Gasteiger charge is 2.57. The van der Waals surface area contributed by atoms with E-state index in [2.05, 4.69) is 10.2 Å². The van der Waals surface area contributed by atoms with Crippen molar-refractivity contribution < 1.29 is 17.6 Å². The highest BCUT2D eigenvalue weighted by Crippen LogP contribution is 2.49. The molecule has 7 heteroatoms. The van der Waals surface area contributed by atoms with Crippen LogP contribution in [-0.4, -0.2) is 16.4 Å². The van der Waals surface area contributed by atoms with Gasteiger partial charge in [-0.25, -0.2) is 4.39 Å². The number of H-pyrrole nitrogens is 1. The van der Waals surface area contributed by atoms with Crippen molar-refractivity contribution in [3.8, 4) is 0 Å². The lowest BCUT2D eigenvalue weighted by Crippen LogP contribution is -2.33. The zero-order valence-corrected chi connectivity index (χ0v) is 8.92. The fourth-order valence-electron chi connectivity index (χ4n) is 1.16. The van der Waals surface area contributed by atoms with Crippen LogP contribution in [0.4, 0.5) is 17.6 Å². The van der Waals surface area contributed by atoms with Crippen LogP contribution in [0.2, 0.25) is 0 Å². The summed E-state index contributed by atoms with van der Waals surface area (Å²) in [5.74, 6) is 0. The van der Waals surface area contributed by atoms with Crippen LogP contribution in [0.25, 0.3) is 0 Å². The number of alkyl halides is 5. The van der Waals surface area contributed by atoms with Gasteiger partial charge in [0.15, 0.2) is 0 Å². The molecule has 1 aromatic heterocycles. The monoisotopic (exact) mass is 274 g/mol. The van der Waals surface area contributed by atoms with Crippen LogP contribution >= 0.6 is 15.9 Å². The number of halogens is 5. The van der Waals surface area contributed by atoms with Crippen molar-refractivity contribution in [1.29, 1.82) is 0 Å². The van der Waals surface area contributed by atoms with Crippen molar-refractivity contribution in [2.45, 2.75) is 24.6 Å². The summed E-state index contributed by atoms with van der Waals surface area (Å²) < 4.78 is 46.8. The highest BCUT2D eigenvalue weighted by molar-refractivity contribution is 9.09. The molecule has 1 unspecified atom stereocenters. The molecule has 1 heterocycles. The summed E-state index contributed by atoms with van der Waals surface area (Å²) >= 11 is 2.04. The molecular formula is C7H7BrF4N2. The van der Waals surface area contributed by atoms with Gasteiger partial charge in [0.25, 0.3) is 4.58 Å². The van der Waals surface area contributed by atoms with Crippen molar-refractivity contribution in [1.82, 2.24) is 10.2 Å². The number of aromatic nitrogens is 2. The Morgan fingerprint density at radius 2 is 1.71 bits per heavy atom. The zero-order valence-electron chi connectivity index (χ0n) is 7.34. The van der Waals surface area contributed by atoms with Crippen molar-refractivity contribution in [2.24, 2.45) is 0 Å². The summed E-state index contributed by atoms with van der Waals surface area (Å²) in [5, 5.41) is 5.80. The van der Waals surface area contributed by atoms with E-state index >= 15 is 0 Å². The quantitative estimate of drug-likeness (QED) is 0.619. The first-order chi connectivity index (χ1) is 6.18. The molecule has 0 amide bonds. The van der Waals surface area contributed by atoms with Gasteiger partial charge < -0.3 is 0 Å². The lowest BCUT2D eigenvalue weighted by Gasteiger charge is -2.21. The predicted molar refractivity (Wildman–Crippen MR) is 45.8 cm³/mol. The number of nitrogens with zero attached hydrogens (tertiary/aromatic N) is 1. The summed E-state index contributed by atoms with van der Waals surface area (Å²) in [6.07, 6.45) is -5.01. The third-order valence-corrected chi connectivity index (χ3v) is 2.64. The molecule has 1 atom stereocenters. The second-order valence-electron chi connectivity index (χ2n) is 2.88. The van der Waals surface area contributed by atoms with E-state index < -0.39 is 16.3 Å². The van der Waals surface area contributed by atoms with E-state index in [1.807, 2.05) is 15.9 Å². The molecule has 0 aliphatic rings. The van der Waals surface area contributed by atoms with Gasteiger partial charge in [-0.3, -0.25) is 5.10 Å². The molecule has 14 heavy (non-hydrogen) atoms. The van der Waals surface area contributed by atoms with Gasteiger partial charge in [0.2, 0.25) is 0 Å². The fraction of sp³-hybridized carbons (Fsp3) is 0.571. The van der Waals surface area contributed by atoms with Crippen LogP contribution in [0.15, 0.2) is 0 Å². The molecule has 0 spiro atoms. The fourth-order valence-corrected chi connectivity index (χ4v) is 1.74. The second-order valence-corrected chi connectivity index (χ2v) is 3.97. The first-order valence-electron chi connectivity index (χ1n) is 3.64. The van der Waals surface area contributed by atoms with Crippen molar-refractivity contribution >= 4 is 15.9 Å². The van der Waals surface area contributed by atoms with E-state index in [0.29, 0.717) is 0 Å². The Labute approximate surface area is 85.8 Å². The Morgan fingerprint density at radius 3 is 2.00 bits per heavy atom. The van der Waals surface area contributed by atoms with Crippen LogP contribution in [0.3, 0.4) is 0 Å². The molecule has 1 rings (SSSR count). The number of hydrogen-bond donors (Lipinski definition) is 1. The SMILES string of the molecule is Cc1n[nH]c(C)c1C(F)(Br)C(F)(F)F. The molecule has 1 N–H and O–H groups in total. The number of nitrogens with one attached hydrogen (secondary N) is 1. The minimum atomic E-state index is -5.01. The van der Waals surface area contributed by atoms with Crippen LogP contribution in [0, 0.1) is 13.8 Å². The van der Waals surface area contributed by atoms with E-state index in [9.17, 15) is 17.6 Å². The molecule has 0 aromatic carbocycles. The van der Waals surface area contributed by atoms with Gasteiger partial charge in [-0.2, -0.15) is 18.3 Å². The molecule has 2 nitrogen and oxygen atoms in total. The molecule has 1 aromatic rings. The van der Waals surface area contributed by atoms with Crippen LogP contribution < -0.4 is 0 Å². The summed E-state index contributed by atoms with van der Waals surface area (Å²) in [5.41, 5.74) is -0.469. The third-order valence-electron chi connectivity index (χ3n) is 1.80. The zero-order chi connectivity index (χ0) is 11.1. The predicted octanol–water partition coefficient (Wildman–Crippen LogP) is 3.11. The van der Waals surface area contributed by atoms with E-state index in [-0.39, 0.29) is 11.4 Å². The van der Waals surface area contributed by atoms with Gasteiger partial charge in [0, 0.05) is 5.69 Å². The Bertz CT molecular complexity index is 322. The topological polar surface area (TPSA) is 28.7 Å². The minimum absolute atomic E-state index is 0.0146. The molecule has 0 bridgehead atoms. The van der Waals surface area contributed by atoms with Crippen LogP contribution in [0.5, 0.6) is 0 Å². The van der Waals surface area contributed by atoms with E-state index in [0.717, 1.165) is 0 Å². The number of aromatic amines is 1. The molecule has 0 aliphatic carbocycles. The maximum atomic E-state index is 13.4. The smallest absolute Gasteiger partial charge is 0.282 e. The minimum Gasteiger partial charge on any atom is -0.282 e. The maximum absolute atomic E-state index is 13.4. The summed E-state index contributed by atoms with van der Waals surface area (Å²) in [6.45, 7) is 2.64. The molecule has 80 valence electrons.